The summed E-state index contributed by atoms with van der Waals surface area (Å²) in [6.07, 6.45) is 0.224. The summed E-state index contributed by atoms with van der Waals surface area (Å²) >= 11 is 6.36. The van der Waals surface area contributed by atoms with Gasteiger partial charge in [0, 0.05) is 12.1 Å². The van der Waals surface area contributed by atoms with Crippen molar-refractivity contribution in [2.75, 3.05) is 0 Å². The molecule has 1 aromatic heterocycles. The molecule has 1 aromatic carbocycles. The monoisotopic (exact) mass is 308 g/mol. The second kappa shape index (κ2) is 6.96. The summed E-state index contributed by atoms with van der Waals surface area (Å²) in [5, 5.41) is 14.9. The summed E-state index contributed by atoms with van der Waals surface area (Å²) in [4.78, 5) is 0. The summed E-state index contributed by atoms with van der Waals surface area (Å²) < 4.78 is 7.73. The summed E-state index contributed by atoms with van der Waals surface area (Å²) in [7, 11) is 0. The summed E-state index contributed by atoms with van der Waals surface area (Å²) in [6.45, 7) is 6.86. The minimum Gasteiger partial charge on any atom is -0.487 e. The van der Waals surface area contributed by atoms with Gasteiger partial charge in [-0.1, -0.05) is 36.7 Å². The van der Waals surface area contributed by atoms with E-state index in [2.05, 4.69) is 5.10 Å². The van der Waals surface area contributed by atoms with Crippen molar-refractivity contribution in [3.8, 4) is 5.75 Å². The fourth-order valence-corrected chi connectivity index (χ4v) is 2.58. The molecule has 4 nitrogen and oxygen atoms in total. The number of aromatic nitrogens is 2. The van der Waals surface area contributed by atoms with Crippen LogP contribution in [-0.4, -0.2) is 14.9 Å². The molecule has 0 spiro atoms. The lowest BCUT2D eigenvalue weighted by molar-refractivity contribution is 0.189. The van der Waals surface area contributed by atoms with E-state index in [0.717, 1.165) is 29.9 Å². The van der Waals surface area contributed by atoms with Gasteiger partial charge in [-0.15, -0.1) is 0 Å². The normalized spacial score (nSPS) is 12.4. The Hall–Kier alpha value is -1.52. The van der Waals surface area contributed by atoms with Crippen molar-refractivity contribution in [2.24, 2.45) is 0 Å². The molecule has 21 heavy (non-hydrogen) atoms. The molecule has 0 saturated carbocycles. The van der Waals surface area contributed by atoms with E-state index < -0.39 is 6.10 Å². The Morgan fingerprint density at radius 1 is 1.33 bits per heavy atom. The number of para-hydroxylation sites is 1. The molecule has 0 aliphatic carbocycles. The highest BCUT2D eigenvalue weighted by Crippen LogP contribution is 2.27. The Kier molecular flexibility index (Phi) is 5.26. The minimum atomic E-state index is -0.570. The van der Waals surface area contributed by atoms with E-state index >= 15 is 0 Å². The average molecular weight is 309 g/mol. The molecule has 0 saturated heterocycles. The number of hydrogen-bond acceptors (Lipinski definition) is 3. The number of aliphatic hydroxyl groups excluding tert-OH is 1. The van der Waals surface area contributed by atoms with Gasteiger partial charge >= 0.3 is 0 Å². The van der Waals surface area contributed by atoms with Gasteiger partial charge in [-0.3, -0.25) is 4.68 Å². The molecule has 1 atom stereocenters. The number of halogens is 1. The predicted octanol–water partition coefficient (Wildman–Crippen LogP) is 3.75. The number of rotatable bonds is 6. The van der Waals surface area contributed by atoms with Crippen LogP contribution in [0, 0.1) is 0 Å². The minimum absolute atomic E-state index is 0.337. The first-order chi connectivity index (χ1) is 10.1. The Labute approximate surface area is 130 Å². The molecule has 0 aliphatic heterocycles. The molecule has 114 valence electrons. The lowest BCUT2D eigenvalue weighted by atomic mass is 10.1. The fraction of sp³-hybridized carbons (Fsp3) is 0.438. The second-order valence-electron chi connectivity index (χ2n) is 4.88. The van der Waals surface area contributed by atoms with Crippen LogP contribution in [0.15, 0.2) is 24.3 Å². The van der Waals surface area contributed by atoms with Crippen molar-refractivity contribution < 1.29 is 9.84 Å². The SMILES string of the molecule is CCc1nn(CC)c(COc2ccccc2[C@@H](C)O)c1Cl. The van der Waals surface area contributed by atoms with Crippen molar-refractivity contribution in [3.05, 3.63) is 46.2 Å². The maximum atomic E-state index is 9.78. The van der Waals surface area contributed by atoms with Crippen molar-refractivity contribution in [3.63, 3.8) is 0 Å². The van der Waals surface area contributed by atoms with Crippen LogP contribution in [0.2, 0.25) is 5.02 Å². The molecule has 0 bridgehead atoms. The molecule has 0 unspecified atom stereocenters. The van der Waals surface area contributed by atoms with Crippen molar-refractivity contribution in [1.29, 1.82) is 0 Å². The number of benzene rings is 1. The van der Waals surface area contributed by atoms with Gasteiger partial charge in [0.15, 0.2) is 0 Å². The lowest BCUT2D eigenvalue weighted by Crippen LogP contribution is -2.08. The average Bonchev–Trinajstić information content (AvgIpc) is 2.80. The Bertz CT molecular complexity index is 608. The van der Waals surface area contributed by atoms with E-state index in [1.54, 1.807) is 6.92 Å². The first-order valence-corrected chi connectivity index (χ1v) is 7.60. The lowest BCUT2D eigenvalue weighted by Gasteiger charge is -2.14. The van der Waals surface area contributed by atoms with Gasteiger partial charge in [0.25, 0.3) is 0 Å². The third-order valence-corrected chi connectivity index (χ3v) is 3.86. The zero-order chi connectivity index (χ0) is 15.4. The van der Waals surface area contributed by atoms with E-state index in [1.165, 1.54) is 0 Å². The summed E-state index contributed by atoms with van der Waals surface area (Å²) in [5.41, 5.74) is 2.53. The van der Waals surface area contributed by atoms with Crippen molar-refractivity contribution in [1.82, 2.24) is 9.78 Å². The third-order valence-electron chi connectivity index (χ3n) is 3.43. The van der Waals surface area contributed by atoms with E-state index in [0.29, 0.717) is 17.4 Å². The van der Waals surface area contributed by atoms with Crippen LogP contribution in [0.5, 0.6) is 5.75 Å². The molecule has 2 rings (SSSR count). The van der Waals surface area contributed by atoms with Crippen LogP contribution in [0.25, 0.3) is 0 Å². The molecule has 0 fully saturated rings. The zero-order valence-electron chi connectivity index (χ0n) is 12.6. The highest BCUT2D eigenvalue weighted by Gasteiger charge is 2.16. The molecular weight excluding hydrogens is 288 g/mol. The van der Waals surface area contributed by atoms with Gasteiger partial charge in [-0.05, 0) is 26.3 Å². The summed E-state index contributed by atoms with van der Waals surface area (Å²) in [5.74, 6) is 0.672. The number of nitrogens with zero attached hydrogens (tertiary/aromatic N) is 2. The number of aryl methyl sites for hydroxylation is 2. The van der Waals surface area contributed by atoms with Gasteiger partial charge in [0.2, 0.25) is 0 Å². The van der Waals surface area contributed by atoms with Crippen LogP contribution < -0.4 is 4.74 Å². The summed E-state index contributed by atoms with van der Waals surface area (Å²) in [6, 6.07) is 7.48. The third kappa shape index (κ3) is 3.39. The fourth-order valence-electron chi connectivity index (χ4n) is 2.26. The molecule has 1 N–H and O–H groups in total. The second-order valence-corrected chi connectivity index (χ2v) is 5.26. The first-order valence-electron chi connectivity index (χ1n) is 7.22. The number of ether oxygens (including phenoxy) is 1. The van der Waals surface area contributed by atoms with E-state index in [4.69, 9.17) is 16.3 Å². The van der Waals surface area contributed by atoms with Gasteiger partial charge < -0.3 is 9.84 Å². The van der Waals surface area contributed by atoms with Gasteiger partial charge in [0.05, 0.1) is 22.5 Å². The van der Waals surface area contributed by atoms with Gasteiger partial charge in [-0.25, -0.2) is 0 Å². The molecule has 1 heterocycles. The predicted molar refractivity (Wildman–Crippen MR) is 83.7 cm³/mol. The topological polar surface area (TPSA) is 47.3 Å². The highest BCUT2D eigenvalue weighted by atomic mass is 35.5. The van der Waals surface area contributed by atoms with Crippen molar-refractivity contribution in [2.45, 2.75) is 46.4 Å². The Balaban J connectivity index is 2.23. The first kappa shape index (κ1) is 15.9. The molecule has 2 aromatic rings. The van der Waals surface area contributed by atoms with Gasteiger partial charge in [0.1, 0.15) is 12.4 Å². The molecule has 0 radical (unpaired) electrons. The zero-order valence-corrected chi connectivity index (χ0v) is 13.4. The molecule has 0 amide bonds. The van der Waals surface area contributed by atoms with Crippen LogP contribution in [0.3, 0.4) is 0 Å². The number of hydrogen-bond donors (Lipinski definition) is 1. The largest absolute Gasteiger partial charge is 0.487 e. The van der Waals surface area contributed by atoms with Gasteiger partial charge in [-0.2, -0.15) is 5.10 Å². The van der Waals surface area contributed by atoms with E-state index in [-0.39, 0.29) is 0 Å². The quantitative estimate of drug-likeness (QED) is 0.884. The molecule has 0 aliphatic rings. The highest BCUT2D eigenvalue weighted by molar-refractivity contribution is 6.31. The Morgan fingerprint density at radius 3 is 2.67 bits per heavy atom. The maximum Gasteiger partial charge on any atom is 0.131 e. The number of aliphatic hydroxyl groups is 1. The molecular formula is C16H21ClN2O2. The Morgan fingerprint density at radius 2 is 2.05 bits per heavy atom. The van der Waals surface area contributed by atoms with Crippen molar-refractivity contribution >= 4 is 11.6 Å². The van der Waals surface area contributed by atoms with E-state index in [1.807, 2.05) is 42.8 Å². The van der Waals surface area contributed by atoms with Crippen LogP contribution in [0.4, 0.5) is 0 Å². The van der Waals surface area contributed by atoms with E-state index in [9.17, 15) is 5.11 Å². The smallest absolute Gasteiger partial charge is 0.131 e. The van der Waals surface area contributed by atoms with Crippen LogP contribution in [0.1, 0.15) is 43.8 Å². The maximum absolute atomic E-state index is 9.78. The van der Waals surface area contributed by atoms with Crippen LogP contribution >= 0.6 is 11.6 Å². The van der Waals surface area contributed by atoms with Crippen LogP contribution in [-0.2, 0) is 19.6 Å². The standard InChI is InChI=1S/C16H21ClN2O2/c1-4-13-16(17)14(19(5-2)18-13)10-21-15-9-7-6-8-12(15)11(3)20/h6-9,11,20H,4-5,10H2,1-3H3/t11-/m1/s1. The molecule has 5 heteroatoms.